The van der Waals surface area contributed by atoms with Gasteiger partial charge in [-0.15, -0.1) is 0 Å². The van der Waals surface area contributed by atoms with Crippen LogP contribution in [0.1, 0.15) is 30.9 Å². The average molecular weight is 334 g/mol. The van der Waals surface area contributed by atoms with Gasteiger partial charge in [-0.25, -0.2) is 13.5 Å². The van der Waals surface area contributed by atoms with E-state index in [2.05, 4.69) is 9.84 Å². The van der Waals surface area contributed by atoms with Crippen molar-refractivity contribution in [3.05, 3.63) is 51.9 Å². The summed E-state index contributed by atoms with van der Waals surface area (Å²) in [6.45, 7) is -0.299. The monoisotopic (exact) mass is 334 g/mol. The Kier molecular flexibility index (Phi) is 4.42. The molecule has 0 spiro atoms. The SMILES string of the molecule is COC(=O)Cn1nc(C2CCC2)c(-c2cc(F)cc(F)c2)cc1=O. The van der Waals surface area contributed by atoms with Crippen LogP contribution in [-0.2, 0) is 16.1 Å². The fraction of sp³-hybridized carbons (Fsp3) is 0.353. The van der Waals surface area contributed by atoms with Crippen LogP contribution < -0.4 is 5.56 Å². The molecule has 5 nitrogen and oxygen atoms in total. The average Bonchev–Trinajstić information content (AvgIpc) is 2.47. The number of benzene rings is 1. The molecule has 0 radical (unpaired) electrons. The van der Waals surface area contributed by atoms with Gasteiger partial charge in [0.15, 0.2) is 0 Å². The number of hydrogen-bond acceptors (Lipinski definition) is 4. The smallest absolute Gasteiger partial charge is 0.327 e. The Morgan fingerprint density at radius 3 is 2.46 bits per heavy atom. The van der Waals surface area contributed by atoms with Gasteiger partial charge in [-0.2, -0.15) is 5.10 Å². The highest BCUT2D eigenvalue weighted by Gasteiger charge is 2.26. The fourth-order valence-electron chi connectivity index (χ4n) is 2.73. The maximum absolute atomic E-state index is 13.5. The van der Waals surface area contributed by atoms with Gasteiger partial charge < -0.3 is 4.74 Å². The van der Waals surface area contributed by atoms with Crippen LogP contribution in [0.2, 0.25) is 0 Å². The molecule has 1 aromatic heterocycles. The highest BCUT2D eigenvalue weighted by atomic mass is 19.1. The number of carbonyl (C=O) groups is 1. The molecule has 0 saturated heterocycles. The van der Waals surface area contributed by atoms with E-state index in [1.165, 1.54) is 25.3 Å². The van der Waals surface area contributed by atoms with Crippen LogP contribution in [0.25, 0.3) is 11.1 Å². The molecule has 1 fully saturated rings. The summed E-state index contributed by atoms with van der Waals surface area (Å²) < 4.78 is 32.7. The predicted molar refractivity (Wildman–Crippen MR) is 82.5 cm³/mol. The summed E-state index contributed by atoms with van der Waals surface area (Å²) in [6.07, 6.45) is 2.79. The van der Waals surface area contributed by atoms with E-state index in [1.807, 2.05) is 0 Å². The molecule has 24 heavy (non-hydrogen) atoms. The maximum atomic E-state index is 13.5. The predicted octanol–water partition coefficient (Wildman–Crippen LogP) is 2.63. The largest absolute Gasteiger partial charge is 0.468 e. The zero-order valence-corrected chi connectivity index (χ0v) is 13.1. The number of carbonyl (C=O) groups excluding carboxylic acids is 1. The summed E-state index contributed by atoms with van der Waals surface area (Å²) >= 11 is 0. The van der Waals surface area contributed by atoms with Gasteiger partial charge >= 0.3 is 5.97 Å². The van der Waals surface area contributed by atoms with Crippen LogP contribution in [-0.4, -0.2) is 22.9 Å². The molecule has 1 aromatic carbocycles. The Labute approximate surface area is 136 Å². The molecule has 1 aliphatic carbocycles. The maximum Gasteiger partial charge on any atom is 0.327 e. The minimum atomic E-state index is -0.719. The first-order valence-corrected chi connectivity index (χ1v) is 7.63. The lowest BCUT2D eigenvalue weighted by Crippen LogP contribution is -2.29. The van der Waals surface area contributed by atoms with Crippen LogP contribution in [0.3, 0.4) is 0 Å². The molecule has 3 rings (SSSR count). The minimum Gasteiger partial charge on any atom is -0.468 e. The molecule has 0 amide bonds. The van der Waals surface area contributed by atoms with Crippen LogP contribution in [0.5, 0.6) is 0 Å². The van der Waals surface area contributed by atoms with E-state index in [0.717, 1.165) is 30.0 Å². The van der Waals surface area contributed by atoms with E-state index in [4.69, 9.17) is 0 Å². The van der Waals surface area contributed by atoms with E-state index >= 15 is 0 Å². The van der Waals surface area contributed by atoms with Crippen molar-refractivity contribution in [3.63, 3.8) is 0 Å². The van der Waals surface area contributed by atoms with Gasteiger partial charge in [0, 0.05) is 23.6 Å². The number of aromatic nitrogens is 2. The van der Waals surface area contributed by atoms with Crippen molar-refractivity contribution in [3.8, 4) is 11.1 Å². The van der Waals surface area contributed by atoms with E-state index < -0.39 is 23.2 Å². The van der Waals surface area contributed by atoms with Gasteiger partial charge in [0.05, 0.1) is 12.8 Å². The van der Waals surface area contributed by atoms with Crippen LogP contribution in [0.15, 0.2) is 29.1 Å². The molecular formula is C17H16F2N2O3. The summed E-state index contributed by atoms with van der Waals surface area (Å²) in [6, 6.07) is 4.40. The van der Waals surface area contributed by atoms with Crippen molar-refractivity contribution in [2.75, 3.05) is 7.11 Å². The molecule has 1 aliphatic rings. The highest BCUT2D eigenvalue weighted by Crippen LogP contribution is 2.39. The third-order valence-corrected chi connectivity index (χ3v) is 4.20. The topological polar surface area (TPSA) is 61.2 Å². The summed E-state index contributed by atoms with van der Waals surface area (Å²) in [5.41, 5.74) is 0.728. The number of halogens is 2. The summed E-state index contributed by atoms with van der Waals surface area (Å²) in [5, 5.41) is 4.28. The Balaban J connectivity index is 2.12. The molecule has 0 N–H and O–H groups in total. The molecule has 2 aromatic rings. The second-order valence-corrected chi connectivity index (χ2v) is 5.80. The number of nitrogens with zero attached hydrogens (tertiary/aromatic N) is 2. The van der Waals surface area contributed by atoms with Gasteiger partial charge in [0.1, 0.15) is 18.2 Å². The molecule has 126 valence electrons. The highest BCUT2D eigenvalue weighted by molar-refractivity contribution is 5.69. The zero-order chi connectivity index (χ0) is 17.3. The van der Waals surface area contributed by atoms with Crippen LogP contribution >= 0.6 is 0 Å². The van der Waals surface area contributed by atoms with Crippen molar-refractivity contribution >= 4 is 5.97 Å². The van der Waals surface area contributed by atoms with Crippen molar-refractivity contribution in [1.82, 2.24) is 9.78 Å². The molecule has 0 atom stereocenters. The summed E-state index contributed by atoms with van der Waals surface area (Å²) in [5.74, 6) is -1.92. The Hall–Kier alpha value is -2.57. The number of rotatable bonds is 4. The molecular weight excluding hydrogens is 318 g/mol. The lowest BCUT2D eigenvalue weighted by atomic mass is 9.80. The van der Waals surface area contributed by atoms with Gasteiger partial charge in [0.25, 0.3) is 5.56 Å². The molecule has 0 aliphatic heterocycles. The van der Waals surface area contributed by atoms with E-state index in [9.17, 15) is 18.4 Å². The standard InChI is InChI=1S/C17H16F2N2O3/c1-24-16(23)9-21-15(22)8-14(17(20-21)10-3-2-4-10)11-5-12(18)7-13(19)6-11/h5-8,10H,2-4,9H2,1H3. The molecule has 1 heterocycles. The number of hydrogen-bond donors (Lipinski definition) is 0. The Morgan fingerprint density at radius 2 is 1.92 bits per heavy atom. The van der Waals surface area contributed by atoms with Gasteiger partial charge in [-0.05, 0) is 30.5 Å². The van der Waals surface area contributed by atoms with E-state index in [0.29, 0.717) is 11.3 Å². The second kappa shape index (κ2) is 6.51. The van der Waals surface area contributed by atoms with Gasteiger partial charge in [-0.1, -0.05) is 6.42 Å². The lowest BCUT2D eigenvalue weighted by Gasteiger charge is -2.27. The zero-order valence-electron chi connectivity index (χ0n) is 13.1. The van der Waals surface area contributed by atoms with E-state index in [1.54, 1.807) is 0 Å². The van der Waals surface area contributed by atoms with Crippen molar-refractivity contribution in [1.29, 1.82) is 0 Å². The number of ether oxygens (including phenoxy) is 1. The third-order valence-electron chi connectivity index (χ3n) is 4.20. The third kappa shape index (κ3) is 3.20. The quantitative estimate of drug-likeness (QED) is 0.807. The van der Waals surface area contributed by atoms with E-state index in [-0.39, 0.29) is 18.0 Å². The second-order valence-electron chi connectivity index (χ2n) is 5.80. The molecule has 0 bridgehead atoms. The fourth-order valence-corrected chi connectivity index (χ4v) is 2.73. The van der Waals surface area contributed by atoms with Gasteiger partial charge in [-0.3, -0.25) is 9.59 Å². The molecule has 1 saturated carbocycles. The first-order chi connectivity index (χ1) is 11.5. The molecule has 0 unspecified atom stereocenters. The lowest BCUT2D eigenvalue weighted by molar-refractivity contribution is -0.141. The normalized spacial score (nSPS) is 14.3. The first-order valence-electron chi connectivity index (χ1n) is 7.63. The molecule has 7 heteroatoms. The van der Waals surface area contributed by atoms with Crippen LogP contribution in [0.4, 0.5) is 8.78 Å². The Bertz CT molecular complexity index is 824. The van der Waals surface area contributed by atoms with Gasteiger partial charge in [0.2, 0.25) is 0 Å². The van der Waals surface area contributed by atoms with Crippen molar-refractivity contribution < 1.29 is 18.3 Å². The first kappa shape index (κ1) is 16.3. The van der Waals surface area contributed by atoms with Crippen LogP contribution in [0, 0.1) is 11.6 Å². The minimum absolute atomic E-state index is 0.107. The van der Waals surface area contributed by atoms with Crippen molar-refractivity contribution in [2.24, 2.45) is 0 Å². The number of methoxy groups -OCH3 is 1. The van der Waals surface area contributed by atoms with Crippen molar-refractivity contribution in [2.45, 2.75) is 31.7 Å². The Morgan fingerprint density at radius 1 is 1.25 bits per heavy atom. The summed E-state index contributed by atoms with van der Waals surface area (Å²) in [4.78, 5) is 23.6. The summed E-state index contributed by atoms with van der Waals surface area (Å²) in [7, 11) is 1.23. The number of esters is 1.